The lowest BCUT2D eigenvalue weighted by Gasteiger charge is -2.15. The van der Waals surface area contributed by atoms with E-state index in [-0.39, 0.29) is 12.3 Å². The van der Waals surface area contributed by atoms with Crippen LogP contribution in [0.15, 0.2) is 6.33 Å². The Morgan fingerprint density at radius 3 is 2.85 bits per heavy atom. The van der Waals surface area contributed by atoms with Gasteiger partial charge in [-0.2, -0.15) is 0 Å². The highest BCUT2D eigenvalue weighted by Gasteiger charge is 2.31. The van der Waals surface area contributed by atoms with Crippen LogP contribution in [-0.4, -0.2) is 43.1 Å². The van der Waals surface area contributed by atoms with Crippen LogP contribution in [0.25, 0.3) is 0 Å². The maximum absolute atomic E-state index is 11.0. The Hall–Kier alpha value is -1.45. The van der Waals surface area contributed by atoms with Gasteiger partial charge in [0, 0.05) is 0 Å². The number of carbonyl (C=O) groups is 1. The van der Waals surface area contributed by atoms with Crippen molar-refractivity contribution >= 4 is 13.7 Å². The van der Waals surface area contributed by atoms with E-state index in [1.54, 1.807) is 0 Å². The van der Waals surface area contributed by atoms with Gasteiger partial charge in [-0.15, -0.1) is 0 Å². The number of hydrogen-bond acceptors (Lipinski definition) is 6. The number of nitrogens with two attached hydrogens (primary N) is 1. The van der Waals surface area contributed by atoms with Gasteiger partial charge >= 0.3 is 7.82 Å². The van der Waals surface area contributed by atoms with Crippen molar-refractivity contribution in [2.45, 2.75) is 25.2 Å². The highest BCUT2D eigenvalue weighted by atomic mass is 31.2. The molecule has 1 aromatic rings. The van der Waals surface area contributed by atoms with E-state index in [9.17, 15) is 14.5 Å². The summed E-state index contributed by atoms with van der Waals surface area (Å²) in [5, 5.41) is 9.77. The number of phosphoric acid groups is 1. The van der Waals surface area contributed by atoms with Crippen LogP contribution < -0.4 is 5.73 Å². The van der Waals surface area contributed by atoms with Gasteiger partial charge in [0.25, 0.3) is 5.91 Å². The van der Waals surface area contributed by atoms with E-state index in [1.165, 1.54) is 10.9 Å². The summed E-state index contributed by atoms with van der Waals surface area (Å²) in [6, 6.07) is 0. The summed E-state index contributed by atoms with van der Waals surface area (Å²) in [7, 11) is -4.54. The topological polar surface area (TPSA) is 157 Å². The lowest BCUT2D eigenvalue weighted by Crippen LogP contribution is -2.16. The van der Waals surface area contributed by atoms with E-state index in [0.29, 0.717) is 12.8 Å². The predicted molar refractivity (Wildman–Crippen MR) is 63.5 cm³/mol. The highest BCUT2D eigenvalue weighted by molar-refractivity contribution is 7.46. The zero-order chi connectivity index (χ0) is 14.9. The fourth-order valence-corrected chi connectivity index (χ4v) is 2.29. The second-order valence-corrected chi connectivity index (χ2v) is 5.50. The van der Waals surface area contributed by atoms with Crippen molar-refractivity contribution in [2.75, 3.05) is 6.61 Å². The summed E-state index contributed by atoms with van der Waals surface area (Å²) >= 11 is 0. The Balaban J connectivity index is 1.99. The van der Waals surface area contributed by atoms with Gasteiger partial charge in [-0.05, 0) is 12.8 Å². The Bertz CT molecular complexity index is 554. The number of hydrogen-bond donors (Lipinski definition) is 4. The first-order chi connectivity index (χ1) is 9.28. The fraction of sp³-hybridized carbons (Fsp3) is 0.556. The molecule has 0 bridgehead atoms. The number of amides is 1. The standard InChI is InChI=1S/C9H14N3O7P/c10-8(13)7-9(14)12(4-11-7)6-2-1-5(19-6)3-18-20(15,16)17/h4-6,14H,1-3H2,(H2,10,13)(H2,15,16,17)/t5-,6+/m0/s1. The van der Waals surface area contributed by atoms with Gasteiger partial charge in [-0.25, -0.2) is 9.55 Å². The molecule has 112 valence electrons. The first-order valence-electron chi connectivity index (χ1n) is 5.69. The van der Waals surface area contributed by atoms with Gasteiger partial charge in [-0.3, -0.25) is 13.9 Å². The van der Waals surface area contributed by atoms with E-state index < -0.39 is 31.9 Å². The third kappa shape index (κ3) is 3.35. The SMILES string of the molecule is NC(=O)c1ncn([C@H]2CC[C@@H](COP(=O)(O)O)O2)c1O. The van der Waals surface area contributed by atoms with Gasteiger partial charge in [0.15, 0.2) is 5.69 Å². The van der Waals surface area contributed by atoms with Gasteiger partial charge in [-0.1, -0.05) is 0 Å². The molecule has 1 aliphatic rings. The Kier molecular flexibility index (Phi) is 4.11. The number of ether oxygens (including phenoxy) is 1. The molecule has 10 nitrogen and oxygen atoms in total. The van der Waals surface area contributed by atoms with Crippen molar-refractivity contribution in [3.05, 3.63) is 12.0 Å². The summed E-state index contributed by atoms with van der Waals surface area (Å²) < 4.78 is 21.6. The molecule has 11 heteroatoms. The van der Waals surface area contributed by atoms with E-state index >= 15 is 0 Å². The summed E-state index contributed by atoms with van der Waals surface area (Å²) in [4.78, 5) is 31.8. The predicted octanol–water partition coefficient (Wildman–Crippen LogP) is -0.526. The molecule has 0 aliphatic carbocycles. The van der Waals surface area contributed by atoms with Gasteiger partial charge < -0.3 is 25.4 Å². The van der Waals surface area contributed by atoms with Crippen molar-refractivity contribution < 1.29 is 33.5 Å². The second-order valence-electron chi connectivity index (χ2n) is 4.26. The van der Waals surface area contributed by atoms with Crippen LogP contribution in [0.2, 0.25) is 0 Å². The van der Waals surface area contributed by atoms with E-state index in [2.05, 4.69) is 9.51 Å². The molecule has 1 amide bonds. The smallest absolute Gasteiger partial charge is 0.469 e. The number of primary amides is 1. The fourth-order valence-electron chi connectivity index (χ4n) is 1.93. The van der Waals surface area contributed by atoms with E-state index in [0.717, 1.165) is 0 Å². The molecule has 0 saturated carbocycles. The van der Waals surface area contributed by atoms with Crippen molar-refractivity contribution in [2.24, 2.45) is 5.73 Å². The molecule has 5 N–H and O–H groups in total. The normalized spacial score (nSPS) is 23.1. The van der Waals surface area contributed by atoms with Crippen LogP contribution in [0.3, 0.4) is 0 Å². The van der Waals surface area contributed by atoms with E-state index in [4.69, 9.17) is 20.3 Å². The molecule has 0 spiro atoms. The molecule has 0 radical (unpaired) electrons. The van der Waals surface area contributed by atoms with Crippen molar-refractivity contribution in [3.8, 4) is 5.88 Å². The lowest BCUT2D eigenvalue weighted by molar-refractivity contribution is -0.0248. The summed E-state index contributed by atoms with van der Waals surface area (Å²) in [6.07, 6.45) is 1.05. The van der Waals surface area contributed by atoms with Crippen LogP contribution in [-0.2, 0) is 13.8 Å². The minimum absolute atomic E-state index is 0.261. The molecule has 0 unspecified atom stereocenters. The third-order valence-electron chi connectivity index (χ3n) is 2.82. The zero-order valence-electron chi connectivity index (χ0n) is 10.2. The molecule has 1 saturated heterocycles. The van der Waals surface area contributed by atoms with Crippen LogP contribution in [0.1, 0.15) is 29.6 Å². The van der Waals surface area contributed by atoms with Crippen molar-refractivity contribution in [1.82, 2.24) is 9.55 Å². The average Bonchev–Trinajstić information content (AvgIpc) is 2.91. The van der Waals surface area contributed by atoms with Crippen molar-refractivity contribution in [1.29, 1.82) is 0 Å². The summed E-state index contributed by atoms with van der Waals surface area (Å²) in [5.74, 6) is -1.26. The molecule has 2 rings (SSSR count). The number of aromatic nitrogens is 2. The monoisotopic (exact) mass is 307 g/mol. The number of phosphoric ester groups is 1. The first kappa shape index (κ1) is 14.9. The lowest BCUT2D eigenvalue weighted by atomic mass is 10.2. The molecule has 2 atom stereocenters. The summed E-state index contributed by atoms with van der Waals surface area (Å²) in [5.41, 5.74) is 4.77. The molecule has 1 aromatic heterocycles. The molecular formula is C9H14N3O7P. The van der Waals surface area contributed by atoms with Crippen LogP contribution in [0.5, 0.6) is 5.88 Å². The minimum Gasteiger partial charge on any atom is -0.493 e. The van der Waals surface area contributed by atoms with Crippen LogP contribution >= 0.6 is 7.82 Å². The molecule has 1 aliphatic heterocycles. The maximum Gasteiger partial charge on any atom is 0.469 e. The van der Waals surface area contributed by atoms with Gasteiger partial charge in [0.1, 0.15) is 12.6 Å². The number of imidazole rings is 1. The van der Waals surface area contributed by atoms with E-state index in [1.807, 2.05) is 0 Å². The Morgan fingerprint density at radius 1 is 1.60 bits per heavy atom. The maximum atomic E-state index is 11.0. The number of carbonyl (C=O) groups excluding carboxylic acids is 1. The van der Waals surface area contributed by atoms with Crippen LogP contribution in [0, 0.1) is 0 Å². The van der Waals surface area contributed by atoms with Crippen molar-refractivity contribution in [3.63, 3.8) is 0 Å². The first-order valence-corrected chi connectivity index (χ1v) is 7.22. The number of nitrogens with zero attached hydrogens (tertiary/aromatic N) is 2. The van der Waals surface area contributed by atoms with Gasteiger partial charge in [0.05, 0.1) is 12.7 Å². The zero-order valence-corrected chi connectivity index (χ0v) is 11.1. The Labute approximate surface area is 113 Å². The minimum atomic E-state index is -4.54. The molecular weight excluding hydrogens is 293 g/mol. The third-order valence-corrected chi connectivity index (χ3v) is 3.31. The van der Waals surface area contributed by atoms with Crippen LogP contribution in [0.4, 0.5) is 0 Å². The molecule has 2 heterocycles. The average molecular weight is 307 g/mol. The number of rotatable bonds is 5. The number of aromatic hydroxyl groups is 1. The second kappa shape index (κ2) is 5.51. The van der Waals surface area contributed by atoms with Gasteiger partial charge in [0.2, 0.25) is 5.88 Å². The largest absolute Gasteiger partial charge is 0.493 e. The molecule has 20 heavy (non-hydrogen) atoms. The molecule has 1 fully saturated rings. The quantitative estimate of drug-likeness (QED) is 0.529. The highest BCUT2D eigenvalue weighted by Crippen LogP contribution is 2.38. The Morgan fingerprint density at radius 2 is 2.30 bits per heavy atom. The summed E-state index contributed by atoms with van der Waals surface area (Å²) in [6.45, 7) is -0.265. The molecule has 0 aromatic carbocycles.